The van der Waals surface area contributed by atoms with E-state index in [1.54, 1.807) is 13.1 Å². The molecule has 3 nitrogen and oxygen atoms in total. The van der Waals surface area contributed by atoms with Crippen LogP contribution in [-0.2, 0) is 0 Å². The van der Waals surface area contributed by atoms with Crippen molar-refractivity contribution in [3.05, 3.63) is 24.9 Å². The normalized spacial score (nSPS) is 10.7. The van der Waals surface area contributed by atoms with Crippen molar-refractivity contribution in [2.75, 3.05) is 13.6 Å². The Balaban J connectivity index is 3.84. The SMILES string of the molecule is C=CC(=C)NC(=NC)NCCC. The molecule has 0 atom stereocenters. The first-order valence-corrected chi connectivity index (χ1v) is 4.03. The van der Waals surface area contributed by atoms with E-state index >= 15 is 0 Å². The average molecular weight is 167 g/mol. The summed E-state index contributed by atoms with van der Waals surface area (Å²) < 4.78 is 0. The van der Waals surface area contributed by atoms with Gasteiger partial charge in [-0.15, -0.1) is 0 Å². The lowest BCUT2D eigenvalue weighted by molar-refractivity contribution is 0.816. The standard InChI is InChI=1S/C9H17N3/c1-5-7-11-9(10-4)12-8(3)6-2/h6H,2-3,5,7H2,1,4H3,(H2,10,11,12). The highest BCUT2D eigenvalue weighted by atomic mass is 15.2. The summed E-state index contributed by atoms with van der Waals surface area (Å²) in [5, 5.41) is 6.09. The Morgan fingerprint density at radius 1 is 1.58 bits per heavy atom. The van der Waals surface area contributed by atoms with Crippen LogP contribution < -0.4 is 10.6 Å². The maximum absolute atomic E-state index is 4.00. The Kier molecular flexibility index (Phi) is 5.79. The second kappa shape index (κ2) is 6.46. The van der Waals surface area contributed by atoms with E-state index in [1.165, 1.54) is 0 Å². The summed E-state index contributed by atoms with van der Waals surface area (Å²) in [6.07, 6.45) is 2.72. The van der Waals surface area contributed by atoms with Crippen molar-refractivity contribution >= 4 is 5.96 Å². The minimum absolute atomic E-state index is 0.738. The van der Waals surface area contributed by atoms with Crippen LogP contribution in [0.5, 0.6) is 0 Å². The maximum Gasteiger partial charge on any atom is 0.195 e. The number of nitrogens with zero attached hydrogens (tertiary/aromatic N) is 1. The van der Waals surface area contributed by atoms with Crippen molar-refractivity contribution < 1.29 is 0 Å². The molecule has 0 rings (SSSR count). The summed E-state index contributed by atoms with van der Waals surface area (Å²) in [5.74, 6) is 0.738. The van der Waals surface area contributed by atoms with E-state index in [1.807, 2.05) is 0 Å². The predicted molar refractivity (Wildman–Crippen MR) is 54.1 cm³/mol. The van der Waals surface area contributed by atoms with Crippen molar-refractivity contribution in [3.8, 4) is 0 Å². The quantitative estimate of drug-likeness (QED) is 0.376. The maximum atomic E-state index is 4.00. The van der Waals surface area contributed by atoms with Crippen LogP contribution in [-0.4, -0.2) is 19.6 Å². The largest absolute Gasteiger partial charge is 0.356 e. The highest BCUT2D eigenvalue weighted by molar-refractivity contribution is 5.81. The zero-order valence-corrected chi connectivity index (χ0v) is 7.85. The Morgan fingerprint density at radius 3 is 2.67 bits per heavy atom. The summed E-state index contributed by atoms with van der Waals surface area (Å²) in [7, 11) is 1.72. The molecule has 0 aromatic heterocycles. The van der Waals surface area contributed by atoms with Crippen LogP contribution in [0.1, 0.15) is 13.3 Å². The van der Waals surface area contributed by atoms with Gasteiger partial charge >= 0.3 is 0 Å². The highest BCUT2D eigenvalue weighted by Gasteiger charge is 1.94. The molecular formula is C9H17N3. The number of allylic oxidation sites excluding steroid dienone is 1. The number of rotatable bonds is 4. The molecule has 0 heterocycles. The van der Waals surface area contributed by atoms with Gasteiger partial charge < -0.3 is 10.6 Å². The summed E-state index contributed by atoms with van der Waals surface area (Å²) in [6, 6.07) is 0. The van der Waals surface area contributed by atoms with E-state index in [0.717, 1.165) is 24.6 Å². The summed E-state index contributed by atoms with van der Waals surface area (Å²) >= 11 is 0. The summed E-state index contributed by atoms with van der Waals surface area (Å²) in [5.41, 5.74) is 0.749. The predicted octanol–water partition coefficient (Wildman–Crippen LogP) is 1.26. The zero-order chi connectivity index (χ0) is 9.40. The monoisotopic (exact) mass is 167 g/mol. The molecule has 0 bridgehead atoms. The smallest absolute Gasteiger partial charge is 0.195 e. The van der Waals surface area contributed by atoms with Crippen molar-refractivity contribution in [1.82, 2.24) is 10.6 Å². The van der Waals surface area contributed by atoms with Gasteiger partial charge in [-0.25, -0.2) is 0 Å². The van der Waals surface area contributed by atoms with Gasteiger partial charge in [0.1, 0.15) is 0 Å². The number of hydrogen-bond acceptors (Lipinski definition) is 1. The topological polar surface area (TPSA) is 36.4 Å². The van der Waals surface area contributed by atoms with Crippen LogP contribution in [0.15, 0.2) is 29.9 Å². The second-order valence-corrected chi connectivity index (χ2v) is 2.35. The lowest BCUT2D eigenvalue weighted by Crippen LogP contribution is -2.36. The molecule has 0 aromatic rings. The van der Waals surface area contributed by atoms with Gasteiger partial charge in [0.25, 0.3) is 0 Å². The molecule has 0 saturated carbocycles. The molecule has 0 aromatic carbocycles. The third kappa shape index (κ3) is 4.55. The Hall–Kier alpha value is -1.25. The van der Waals surface area contributed by atoms with E-state index in [2.05, 4.69) is 35.7 Å². The number of hydrogen-bond donors (Lipinski definition) is 2. The molecule has 3 heteroatoms. The van der Waals surface area contributed by atoms with Gasteiger partial charge in [0, 0.05) is 19.3 Å². The molecule has 0 saturated heterocycles. The fourth-order valence-corrected chi connectivity index (χ4v) is 0.626. The molecule has 0 spiro atoms. The lowest BCUT2D eigenvalue weighted by atomic mass is 10.4. The fourth-order valence-electron chi connectivity index (χ4n) is 0.626. The highest BCUT2D eigenvalue weighted by Crippen LogP contribution is 1.83. The minimum Gasteiger partial charge on any atom is -0.356 e. The van der Waals surface area contributed by atoms with E-state index in [-0.39, 0.29) is 0 Å². The molecule has 2 N–H and O–H groups in total. The van der Waals surface area contributed by atoms with Crippen molar-refractivity contribution in [3.63, 3.8) is 0 Å². The molecule has 0 aliphatic rings. The van der Waals surface area contributed by atoms with E-state index in [4.69, 9.17) is 0 Å². The number of guanidine groups is 1. The molecule has 0 aliphatic carbocycles. The van der Waals surface area contributed by atoms with Crippen LogP contribution in [0, 0.1) is 0 Å². The first kappa shape index (κ1) is 10.8. The lowest BCUT2D eigenvalue weighted by Gasteiger charge is -2.10. The van der Waals surface area contributed by atoms with E-state index in [9.17, 15) is 0 Å². The number of aliphatic imine (C=N–C) groups is 1. The Bertz CT molecular complexity index is 182. The molecule has 0 fully saturated rings. The summed E-state index contributed by atoms with van der Waals surface area (Å²) in [6.45, 7) is 10.3. The van der Waals surface area contributed by atoms with Gasteiger partial charge in [-0.2, -0.15) is 0 Å². The summed E-state index contributed by atoms with van der Waals surface area (Å²) in [4.78, 5) is 4.00. The first-order chi connectivity index (χ1) is 5.74. The Labute approximate surface area is 74.3 Å². The third-order valence-electron chi connectivity index (χ3n) is 1.29. The van der Waals surface area contributed by atoms with E-state index in [0.29, 0.717) is 0 Å². The first-order valence-electron chi connectivity index (χ1n) is 4.03. The van der Waals surface area contributed by atoms with Crippen LogP contribution >= 0.6 is 0 Å². The van der Waals surface area contributed by atoms with E-state index < -0.39 is 0 Å². The fraction of sp³-hybridized carbons (Fsp3) is 0.444. The second-order valence-electron chi connectivity index (χ2n) is 2.35. The molecule has 0 unspecified atom stereocenters. The van der Waals surface area contributed by atoms with Gasteiger partial charge in [0.15, 0.2) is 5.96 Å². The van der Waals surface area contributed by atoms with Gasteiger partial charge in [-0.3, -0.25) is 4.99 Å². The molecular weight excluding hydrogens is 150 g/mol. The van der Waals surface area contributed by atoms with Gasteiger partial charge in [-0.05, 0) is 12.5 Å². The van der Waals surface area contributed by atoms with Crippen LogP contribution in [0.25, 0.3) is 0 Å². The van der Waals surface area contributed by atoms with Crippen LogP contribution in [0.3, 0.4) is 0 Å². The van der Waals surface area contributed by atoms with Gasteiger partial charge in [0.05, 0.1) is 0 Å². The van der Waals surface area contributed by atoms with Crippen LogP contribution in [0.2, 0.25) is 0 Å². The molecule has 0 aliphatic heterocycles. The molecule has 12 heavy (non-hydrogen) atoms. The zero-order valence-electron chi connectivity index (χ0n) is 7.85. The minimum atomic E-state index is 0.738. The average Bonchev–Trinajstić information content (AvgIpc) is 2.11. The molecule has 0 amide bonds. The van der Waals surface area contributed by atoms with Gasteiger partial charge in [0.2, 0.25) is 0 Å². The van der Waals surface area contributed by atoms with Gasteiger partial charge in [-0.1, -0.05) is 20.1 Å². The van der Waals surface area contributed by atoms with Crippen molar-refractivity contribution in [2.45, 2.75) is 13.3 Å². The van der Waals surface area contributed by atoms with Crippen molar-refractivity contribution in [2.24, 2.45) is 4.99 Å². The number of nitrogens with one attached hydrogen (secondary N) is 2. The Morgan fingerprint density at radius 2 is 2.25 bits per heavy atom. The third-order valence-corrected chi connectivity index (χ3v) is 1.29. The van der Waals surface area contributed by atoms with Crippen LogP contribution in [0.4, 0.5) is 0 Å². The molecule has 0 radical (unpaired) electrons. The molecule has 68 valence electrons. The van der Waals surface area contributed by atoms with Crippen molar-refractivity contribution in [1.29, 1.82) is 0 Å².